The lowest BCUT2D eigenvalue weighted by Crippen LogP contribution is -2.36. The number of dihydropyridines is 1. The molecular weight excluding hydrogens is 550 g/mol. The molecule has 0 radical (unpaired) electrons. The van der Waals surface area contributed by atoms with Gasteiger partial charge in [-0.15, -0.1) is 0 Å². The second kappa shape index (κ2) is 11.3. The van der Waals surface area contributed by atoms with Crippen molar-refractivity contribution in [1.82, 2.24) is 5.32 Å². The van der Waals surface area contributed by atoms with Gasteiger partial charge in [0.1, 0.15) is 18.1 Å². The minimum atomic E-state index is -0.559. The largest absolute Gasteiger partial charge is 0.496 e. The third-order valence-corrected chi connectivity index (χ3v) is 8.18. The smallest absolute Gasteiger partial charge is 0.336 e. The molecule has 1 saturated heterocycles. The summed E-state index contributed by atoms with van der Waals surface area (Å²) in [5, 5.41) is 3.41. The highest BCUT2D eigenvalue weighted by Gasteiger charge is 2.42. The fourth-order valence-electron chi connectivity index (χ4n) is 5.75. The second-order valence-corrected chi connectivity index (χ2v) is 10.7. The van der Waals surface area contributed by atoms with Gasteiger partial charge in [-0.25, -0.2) is 4.79 Å². The summed E-state index contributed by atoms with van der Waals surface area (Å²) in [6.07, 6.45) is 2.71. The van der Waals surface area contributed by atoms with Gasteiger partial charge in [0, 0.05) is 41.8 Å². The highest BCUT2D eigenvalue weighted by molar-refractivity contribution is 9.10. The van der Waals surface area contributed by atoms with E-state index >= 15 is 0 Å². The molecule has 5 rings (SSSR count). The quantitative estimate of drug-likeness (QED) is 0.429. The number of allylic oxidation sites excluding steroid dienone is 3. The maximum atomic E-state index is 13.9. The van der Waals surface area contributed by atoms with E-state index in [1.807, 2.05) is 49.4 Å². The predicted molar refractivity (Wildman–Crippen MR) is 146 cm³/mol. The van der Waals surface area contributed by atoms with Gasteiger partial charge in [-0.3, -0.25) is 4.79 Å². The van der Waals surface area contributed by atoms with Gasteiger partial charge in [0.15, 0.2) is 5.78 Å². The van der Waals surface area contributed by atoms with Gasteiger partial charge in [-0.05, 0) is 71.4 Å². The predicted octanol–water partition coefficient (Wildman–Crippen LogP) is 5.55. The highest BCUT2D eigenvalue weighted by atomic mass is 79.9. The molecule has 0 amide bonds. The Hall–Kier alpha value is -3.10. The molecule has 0 saturated carbocycles. The first kappa shape index (κ1) is 26.5. The van der Waals surface area contributed by atoms with E-state index in [0.717, 1.165) is 39.9 Å². The molecule has 7 nitrogen and oxygen atoms in total. The van der Waals surface area contributed by atoms with Crippen molar-refractivity contribution >= 4 is 27.7 Å². The van der Waals surface area contributed by atoms with E-state index in [2.05, 4.69) is 21.2 Å². The van der Waals surface area contributed by atoms with Crippen molar-refractivity contribution in [3.05, 3.63) is 80.6 Å². The molecular formula is C30H32BrNO6. The molecule has 8 heteroatoms. The number of esters is 1. The van der Waals surface area contributed by atoms with E-state index < -0.39 is 11.9 Å². The highest BCUT2D eigenvalue weighted by Crippen LogP contribution is 2.47. The number of carbonyl (C=O) groups is 2. The van der Waals surface area contributed by atoms with Crippen LogP contribution in [-0.2, 0) is 19.1 Å². The lowest BCUT2D eigenvalue weighted by molar-refractivity contribution is -0.142. The van der Waals surface area contributed by atoms with Crippen LogP contribution in [0.15, 0.2) is 69.5 Å². The summed E-state index contributed by atoms with van der Waals surface area (Å²) < 4.78 is 23.2. The maximum Gasteiger partial charge on any atom is 0.336 e. The van der Waals surface area contributed by atoms with Crippen LogP contribution in [0.1, 0.15) is 55.6 Å². The zero-order valence-electron chi connectivity index (χ0n) is 21.8. The van der Waals surface area contributed by atoms with E-state index in [0.29, 0.717) is 42.0 Å². The van der Waals surface area contributed by atoms with Crippen molar-refractivity contribution in [2.24, 2.45) is 0 Å². The van der Waals surface area contributed by atoms with Crippen LogP contribution in [0.4, 0.5) is 0 Å². The molecule has 0 unspecified atom stereocenters. The normalized spacial score (nSPS) is 23.2. The Morgan fingerprint density at radius 3 is 2.61 bits per heavy atom. The van der Waals surface area contributed by atoms with Crippen LogP contribution >= 0.6 is 15.9 Å². The topological polar surface area (TPSA) is 83.1 Å². The summed E-state index contributed by atoms with van der Waals surface area (Å²) >= 11 is 3.58. The average Bonchev–Trinajstić information content (AvgIpc) is 3.44. The maximum absolute atomic E-state index is 13.9. The minimum Gasteiger partial charge on any atom is -0.496 e. The summed E-state index contributed by atoms with van der Waals surface area (Å²) in [6, 6.07) is 13.5. The number of hydrogen-bond acceptors (Lipinski definition) is 7. The number of ether oxygens (including phenoxy) is 4. The monoisotopic (exact) mass is 581 g/mol. The first-order chi connectivity index (χ1) is 18.4. The number of nitrogens with one attached hydrogen (secondary N) is 1. The van der Waals surface area contributed by atoms with Crippen LogP contribution in [0.3, 0.4) is 0 Å². The average molecular weight is 582 g/mol. The lowest BCUT2D eigenvalue weighted by atomic mass is 9.71. The van der Waals surface area contributed by atoms with E-state index in [1.165, 1.54) is 0 Å². The lowest BCUT2D eigenvalue weighted by Gasteiger charge is -2.37. The first-order valence-corrected chi connectivity index (χ1v) is 13.7. The Balaban J connectivity index is 1.53. The summed E-state index contributed by atoms with van der Waals surface area (Å²) in [5.74, 6) is 0.417. The fraction of sp³-hybridized carbons (Fsp3) is 0.400. The van der Waals surface area contributed by atoms with Crippen molar-refractivity contribution in [2.45, 2.75) is 50.5 Å². The van der Waals surface area contributed by atoms with Crippen LogP contribution in [-0.4, -0.2) is 45.3 Å². The van der Waals surface area contributed by atoms with E-state index in [-0.39, 0.29) is 24.4 Å². The molecule has 3 atom stereocenters. The molecule has 2 aliphatic heterocycles. The van der Waals surface area contributed by atoms with Gasteiger partial charge >= 0.3 is 5.97 Å². The Bertz CT molecular complexity index is 1310. The Morgan fingerprint density at radius 2 is 1.89 bits per heavy atom. The summed E-state index contributed by atoms with van der Waals surface area (Å²) in [7, 11) is 3.25. The van der Waals surface area contributed by atoms with Crippen LogP contribution in [0.5, 0.6) is 11.5 Å². The number of hydrogen-bond donors (Lipinski definition) is 1. The molecule has 200 valence electrons. The zero-order valence-corrected chi connectivity index (χ0v) is 23.4. The molecule has 0 bridgehead atoms. The minimum absolute atomic E-state index is 0.00326. The summed E-state index contributed by atoms with van der Waals surface area (Å²) in [5.41, 5.74) is 4.41. The van der Waals surface area contributed by atoms with E-state index in [4.69, 9.17) is 18.9 Å². The molecule has 2 heterocycles. The van der Waals surface area contributed by atoms with Gasteiger partial charge in [0.25, 0.3) is 0 Å². The number of para-hydroxylation sites is 1. The molecule has 1 N–H and O–H groups in total. The van der Waals surface area contributed by atoms with Crippen LogP contribution in [0.2, 0.25) is 0 Å². The van der Waals surface area contributed by atoms with Crippen molar-refractivity contribution in [3.63, 3.8) is 0 Å². The van der Waals surface area contributed by atoms with Gasteiger partial charge in [-0.1, -0.05) is 24.3 Å². The summed E-state index contributed by atoms with van der Waals surface area (Å²) in [4.78, 5) is 27.4. The van der Waals surface area contributed by atoms with Gasteiger partial charge < -0.3 is 24.3 Å². The zero-order chi connectivity index (χ0) is 26.8. The van der Waals surface area contributed by atoms with Crippen molar-refractivity contribution in [2.75, 3.05) is 27.4 Å². The second-order valence-electron chi connectivity index (χ2n) is 9.89. The number of carbonyl (C=O) groups excluding carboxylic acids is 2. The number of ketones is 1. The number of rotatable bonds is 7. The van der Waals surface area contributed by atoms with Crippen molar-refractivity contribution in [1.29, 1.82) is 0 Å². The molecule has 0 aromatic heterocycles. The van der Waals surface area contributed by atoms with Gasteiger partial charge in [-0.2, -0.15) is 0 Å². The number of Topliss-reactive ketones (excluding diaryl/α,β-unsaturated/α-hetero) is 1. The van der Waals surface area contributed by atoms with Crippen LogP contribution < -0.4 is 14.8 Å². The van der Waals surface area contributed by atoms with E-state index in [9.17, 15) is 9.59 Å². The SMILES string of the molecule is COc1ccc([C@@H]2C(C(=O)OC[C@H]3CCCO3)=C(C)NC3=C2C(=O)C[C@@H](c2ccccc2OC)C3)cc1Br. The third-order valence-electron chi connectivity index (χ3n) is 7.56. The molecule has 1 fully saturated rings. The molecule has 2 aromatic rings. The van der Waals surface area contributed by atoms with Crippen LogP contribution in [0.25, 0.3) is 0 Å². The Labute approximate surface area is 231 Å². The standard InChI is InChI=1S/C30H32BrNO6/c1-17-27(30(34)38-16-20-7-6-12-37-20)28(18-10-11-26(36-3)22(31)13-18)29-23(32-17)14-19(15-24(29)33)21-8-4-5-9-25(21)35-2/h4-5,8-11,13,19-20,28,32H,6-7,12,14-16H2,1-3H3/t19-,20+,28+/m0/s1. The molecule has 38 heavy (non-hydrogen) atoms. The number of methoxy groups -OCH3 is 2. The third kappa shape index (κ3) is 5.12. The molecule has 3 aliphatic rings. The molecule has 1 aliphatic carbocycles. The summed E-state index contributed by atoms with van der Waals surface area (Å²) in [6.45, 7) is 2.76. The van der Waals surface area contributed by atoms with Crippen LogP contribution in [0, 0.1) is 0 Å². The number of benzene rings is 2. The van der Waals surface area contributed by atoms with Crippen molar-refractivity contribution in [3.8, 4) is 11.5 Å². The Morgan fingerprint density at radius 1 is 1.11 bits per heavy atom. The first-order valence-electron chi connectivity index (χ1n) is 12.9. The Kier molecular flexibility index (Phi) is 7.91. The van der Waals surface area contributed by atoms with Gasteiger partial charge in [0.05, 0.1) is 30.4 Å². The number of halogens is 1. The molecule has 2 aromatic carbocycles. The van der Waals surface area contributed by atoms with E-state index in [1.54, 1.807) is 14.2 Å². The van der Waals surface area contributed by atoms with Gasteiger partial charge in [0.2, 0.25) is 0 Å². The fourth-order valence-corrected chi connectivity index (χ4v) is 6.31. The molecule has 0 spiro atoms. The van der Waals surface area contributed by atoms with Crippen molar-refractivity contribution < 1.29 is 28.5 Å².